The van der Waals surface area contributed by atoms with Crippen LogP contribution in [0.2, 0.25) is 0 Å². The van der Waals surface area contributed by atoms with Crippen molar-refractivity contribution in [2.75, 3.05) is 29.9 Å². The van der Waals surface area contributed by atoms with E-state index >= 15 is 0 Å². The van der Waals surface area contributed by atoms with E-state index in [4.69, 9.17) is 5.11 Å². The summed E-state index contributed by atoms with van der Waals surface area (Å²) >= 11 is 3.36. The molecule has 1 aromatic rings. The fourth-order valence-electron chi connectivity index (χ4n) is 1.85. The van der Waals surface area contributed by atoms with Gasteiger partial charge in [0, 0.05) is 11.5 Å². The van der Waals surface area contributed by atoms with Crippen molar-refractivity contribution in [1.29, 1.82) is 0 Å². The van der Waals surface area contributed by atoms with E-state index in [1.54, 1.807) is 24.1 Å². The Balaban J connectivity index is 2.46. The number of carbonyl (C=O) groups excluding carboxylic acids is 1. The predicted molar refractivity (Wildman–Crippen MR) is 67.4 cm³/mol. The number of carboxylic acids is 1. The number of amides is 1. The average Bonchev–Trinajstić information content (AvgIpc) is 2.24. The summed E-state index contributed by atoms with van der Waals surface area (Å²) in [7, 11) is 1.81. The van der Waals surface area contributed by atoms with E-state index in [0.29, 0.717) is 5.69 Å². The van der Waals surface area contributed by atoms with Gasteiger partial charge >= 0.3 is 5.97 Å². The van der Waals surface area contributed by atoms with Crippen molar-refractivity contribution >= 4 is 39.2 Å². The maximum atomic E-state index is 11.8. The van der Waals surface area contributed by atoms with Gasteiger partial charge in [-0.1, -0.05) is 15.9 Å². The Hall–Kier alpha value is -1.56. The number of likely N-dealkylation sites (N-methyl/N-ethyl adjacent to an activating group) is 1. The second-order valence-corrected chi connectivity index (χ2v) is 4.78. The number of carboxylic acid groups (broad SMARTS) is 1. The molecule has 0 atom stereocenters. The maximum absolute atomic E-state index is 11.8. The van der Waals surface area contributed by atoms with Gasteiger partial charge in [0.05, 0.1) is 17.9 Å². The van der Waals surface area contributed by atoms with Crippen molar-refractivity contribution in [2.24, 2.45) is 0 Å². The lowest BCUT2D eigenvalue weighted by Gasteiger charge is -2.34. The summed E-state index contributed by atoms with van der Waals surface area (Å²) in [4.78, 5) is 25.7. The van der Waals surface area contributed by atoms with E-state index in [9.17, 15) is 9.59 Å². The highest BCUT2D eigenvalue weighted by molar-refractivity contribution is 9.10. The monoisotopic (exact) mass is 298 g/mol. The lowest BCUT2D eigenvalue weighted by molar-refractivity contribution is -0.136. The quantitative estimate of drug-likeness (QED) is 0.894. The minimum Gasteiger partial charge on any atom is -0.480 e. The lowest BCUT2D eigenvalue weighted by Crippen LogP contribution is -2.46. The Kier molecular flexibility index (Phi) is 3.06. The average molecular weight is 299 g/mol. The van der Waals surface area contributed by atoms with E-state index < -0.39 is 5.97 Å². The van der Waals surface area contributed by atoms with Crippen LogP contribution in [0.1, 0.15) is 0 Å². The fraction of sp³-hybridized carbons (Fsp3) is 0.273. The normalized spacial score (nSPS) is 14.8. The first-order valence-electron chi connectivity index (χ1n) is 5.02. The molecule has 1 heterocycles. The third-order valence-electron chi connectivity index (χ3n) is 2.61. The van der Waals surface area contributed by atoms with Gasteiger partial charge in [0.2, 0.25) is 5.91 Å². The highest BCUT2D eigenvalue weighted by Crippen LogP contribution is 2.34. The van der Waals surface area contributed by atoms with E-state index in [0.717, 1.165) is 10.2 Å². The fourth-order valence-corrected chi connectivity index (χ4v) is 2.20. The van der Waals surface area contributed by atoms with Crippen LogP contribution in [0.5, 0.6) is 0 Å². The van der Waals surface area contributed by atoms with Crippen LogP contribution in [0.4, 0.5) is 11.4 Å². The number of nitrogens with zero attached hydrogens (tertiary/aromatic N) is 2. The Morgan fingerprint density at radius 1 is 1.47 bits per heavy atom. The van der Waals surface area contributed by atoms with Crippen LogP contribution in [0.15, 0.2) is 22.7 Å². The molecule has 1 aliphatic rings. The Morgan fingerprint density at radius 2 is 2.18 bits per heavy atom. The van der Waals surface area contributed by atoms with Crippen molar-refractivity contribution < 1.29 is 14.7 Å². The first-order chi connectivity index (χ1) is 7.99. The molecule has 1 aromatic carbocycles. The molecule has 0 saturated heterocycles. The van der Waals surface area contributed by atoms with Gasteiger partial charge in [-0.2, -0.15) is 0 Å². The summed E-state index contributed by atoms with van der Waals surface area (Å²) in [6.45, 7) is -0.113. The molecular weight excluding hydrogens is 288 g/mol. The van der Waals surface area contributed by atoms with Crippen LogP contribution in [0.25, 0.3) is 0 Å². The van der Waals surface area contributed by atoms with Crippen LogP contribution < -0.4 is 9.80 Å². The first kappa shape index (κ1) is 11.9. The van der Waals surface area contributed by atoms with Crippen molar-refractivity contribution in [3.05, 3.63) is 22.7 Å². The number of hydrogen-bond acceptors (Lipinski definition) is 3. The van der Waals surface area contributed by atoms with Gasteiger partial charge in [0.25, 0.3) is 0 Å². The molecule has 90 valence electrons. The number of hydrogen-bond donors (Lipinski definition) is 1. The molecule has 0 aliphatic carbocycles. The standard InChI is InChI=1S/C11H11BrN2O3/c1-13-5-10(15)14(6-11(16)17)8-3-2-7(12)4-9(8)13/h2-4H,5-6H2,1H3,(H,16,17). The van der Waals surface area contributed by atoms with Crippen molar-refractivity contribution in [3.63, 3.8) is 0 Å². The smallest absolute Gasteiger partial charge is 0.323 e. The van der Waals surface area contributed by atoms with E-state index in [-0.39, 0.29) is 19.0 Å². The predicted octanol–water partition coefficient (Wildman–Crippen LogP) is 1.32. The zero-order chi connectivity index (χ0) is 12.6. The summed E-state index contributed by atoms with van der Waals surface area (Å²) in [5, 5.41) is 8.81. The maximum Gasteiger partial charge on any atom is 0.323 e. The SMILES string of the molecule is CN1CC(=O)N(CC(=O)O)c2ccc(Br)cc21. The summed E-state index contributed by atoms with van der Waals surface area (Å²) in [5.74, 6) is -1.22. The largest absolute Gasteiger partial charge is 0.480 e. The summed E-state index contributed by atoms with van der Waals surface area (Å²) in [6.07, 6.45) is 0. The molecular formula is C11H11BrN2O3. The zero-order valence-electron chi connectivity index (χ0n) is 9.18. The number of benzene rings is 1. The number of aliphatic carboxylic acids is 1. The number of carbonyl (C=O) groups is 2. The first-order valence-corrected chi connectivity index (χ1v) is 5.81. The topological polar surface area (TPSA) is 60.9 Å². The molecule has 6 heteroatoms. The molecule has 0 saturated carbocycles. The van der Waals surface area contributed by atoms with E-state index in [2.05, 4.69) is 15.9 Å². The van der Waals surface area contributed by atoms with E-state index in [1.165, 1.54) is 4.90 Å². The molecule has 0 unspecified atom stereocenters. The molecule has 1 aliphatic heterocycles. The number of rotatable bonds is 2. The Labute approximate surface area is 107 Å². The van der Waals surface area contributed by atoms with Gasteiger partial charge in [0.15, 0.2) is 0 Å². The minimum atomic E-state index is -1.02. The summed E-state index contributed by atoms with van der Waals surface area (Å²) in [5.41, 5.74) is 1.48. The van der Waals surface area contributed by atoms with Crippen LogP contribution in [-0.4, -0.2) is 37.1 Å². The second kappa shape index (κ2) is 4.37. The van der Waals surface area contributed by atoms with Crippen LogP contribution in [0, 0.1) is 0 Å². The van der Waals surface area contributed by atoms with Crippen LogP contribution in [-0.2, 0) is 9.59 Å². The molecule has 2 rings (SSSR count). The number of halogens is 1. The Bertz CT molecular complexity index is 490. The molecule has 1 N–H and O–H groups in total. The number of anilines is 2. The summed E-state index contributed by atoms with van der Waals surface area (Å²) in [6, 6.07) is 5.41. The molecule has 0 spiro atoms. The Morgan fingerprint density at radius 3 is 2.82 bits per heavy atom. The summed E-state index contributed by atoms with van der Waals surface area (Å²) < 4.78 is 0.896. The highest BCUT2D eigenvalue weighted by Gasteiger charge is 2.28. The minimum absolute atomic E-state index is 0.191. The van der Waals surface area contributed by atoms with Gasteiger partial charge in [-0.3, -0.25) is 14.5 Å². The van der Waals surface area contributed by atoms with Gasteiger partial charge < -0.3 is 10.0 Å². The molecule has 1 amide bonds. The third kappa shape index (κ3) is 2.26. The molecule has 0 aromatic heterocycles. The molecule has 0 radical (unpaired) electrons. The number of fused-ring (bicyclic) bond motifs is 1. The van der Waals surface area contributed by atoms with Gasteiger partial charge in [-0.05, 0) is 18.2 Å². The zero-order valence-corrected chi connectivity index (χ0v) is 10.8. The molecule has 17 heavy (non-hydrogen) atoms. The molecule has 5 nitrogen and oxygen atoms in total. The second-order valence-electron chi connectivity index (χ2n) is 3.86. The third-order valence-corrected chi connectivity index (χ3v) is 3.10. The van der Waals surface area contributed by atoms with Crippen molar-refractivity contribution in [3.8, 4) is 0 Å². The van der Waals surface area contributed by atoms with Crippen LogP contribution >= 0.6 is 15.9 Å². The van der Waals surface area contributed by atoms with Gasteiger partial charge in [-0.15, -0.1) is 0 Å². The molecule has 0 fully saturated rings. The van der Waals surface area contributed by atoms with Gasteiger partial charge in [0.1, 0.15) is 6.54 Å². The highest BCUT2D eigenvalue weighted by atomic mass is 79.9. The van der Waals surface area contributed by atoms with Crippen molar-refractivity contribution in [2.45, 2.75) is 0 Å². The van der Waals surface area contributed by atoms with Crippen LogP contribution in [0.3, 0.4) is 0 Å². The van der Waals surface area contributed by atoms with E-state index in [1.807, 2.05) is 6.07 Å². The molecule has 0 bridgehead atoms. The van der Waals surface area contributed by atoms with Gasteiger partial charge in [-0.25, -0.2) is 0 Å². The lowest BCUT2D eigenvalue weighted by atomic mass is 10.1. The van der Waals surface area contributed by atoms with Crippen molar-refractivity contribution in [1.82, 2.24) is 0 Å².